The smallest absolute Gasteiger partial charge is 0.310 e. The van der Waals surface area contributed by atoms with E-state index in [9.17, 15) is 4.79 Å². The van der Waals surface area contributed by atoms with Crippen LogP contribution in [0.2, 0.25) is 0 Å². The highest BCUT2D eigenvalue weighted by Crippen LogP contribution is 2.31. The van der Waals surface area contributed by atoms with Gasteiger partial charge >= 0.3 is 5.97 Å². The molecular weight excluding hydrogens is 224 g/mol. The quantitative estimate of drug-likeness (QED) is 0.874. The maximum absolute atomic E-state index is 11.1. The fourth-order valence-electron chi connectivity index (χ4n) is 2.05. The second-order valence-corrected chi connectivity index (χ2v) is 5.63. The summed E-state index contributed by atoms with van der Waals surface area (Å²) in [5.74, 6) is -0.684. The Balaban J connectivity index is 2.00. The number of hydrogen-bond donors (Lipinski definition) is 1. The molecule has 1 aromatic rings. The third-order valence-electron chi connectivity index (χ3n) is 3.28. The van der Waals surface area contributed by atoms with Crippen molar-refractivity contribution < 1.29 is 9.90 Å². The predicted molar refractivity (Wildman–Crippen MR) is 62.5 cm³/mol. The number of rotatable bonds is 3. The number of aromatic nitrogens is 1. The number of aryl methyl sites for hydroxylation is 1. The Morgan fingerprint density at radius 3 is 3.00 bits per heavy atom. The number of aliphatic carboxylic acids is 1. The maximum atomic E-state index is 11.1. The summed E-state index contributed by atoms with van der Waals surface area (Å²) in [6, 6.07) is 0. The van der Waals surface area contributed by atoms with E-state index in [0.717, 1.165) is 25.2 Å². The molecule has 2 heterocycles. The van der Waals surface area contributed by atoms with E-state index in [2.05, 4.69) is 9.88 Å². The molecule has 4 nitrogen and oxygen atoms in total. The first-order chi connectivity index (χ1) is 7.51. The lowest BCUT2D eigenvalue weighted by Crippen LogP contribution is -2.31. The molecule has 1 N–H and O–H groups in total. The summed E-state index contributed by atoms with van der Waals surface area (Å²) in [4.78, 5) is 18.8. The zero-order valence-electron chi connectivity index (χ0n) is 9.56. The van der Waals surface area contributed by atoms with Gasteiger partial charge in [-0.1, -0.05) is 0 Å². The summed E-state index contributed by atoms with van der Waals surface area (Å²) in [6.45, 7) is 6.16. The first kappa shape index (κ1) is 11.5. The molecule has 1 atom stereocenters. The molecule has 1 fully saturated rings. The molecule has 0 radical (unpaired) electrons. The second kappa shape index (κ2) is 4.14. The van der Waals surface area contributed by atoms with E-state index in [-0.39, 0.29) is 0 Å². The van der Waals surface area contributed by atoms with Gasteiger partial charge in [0.15, 0.2) is 0 Å². The Hall–Kier alpha value is -0.940. The van der Waals surface area contributed by atoms with Crippen molar-refractivity contribution in [2.45, 2.75) is 26.8 Å². The summed E-state index contributed by atoms with van der Waals surface area (Å²) in [6.07, 6.45) is 0.736. The van der Waals surface area contributed by atoms with E-state index in [0.29, 0.717) is 6.54 Å². The molecule has 1 aliphatic heterocycles. The SMILES string of the molecule is Cc1ncsc1CN1CCC(C)(C(=O)O)C1. The van der Waals surface area contributed by atoms with Crippen molar-refractivity contribution in [3.8, 4) is 0 Å². The molecule has 0 aliphatic carbocycles. The van der Waals surface area contributed by atoms with Gasteiger partial charge in [0.05, 0.1) is 16.6 Å². The fourth-order valence-corrected chi connectivity index (χ4v) is 2.87. The molecule has 1 aromatic heterocycles. The monoisotopic (exact) mass is 240 g/mol. The van der Waals surface area contributed by atoms with Crippen LogP contribution < -0.4 is 0 Å². The number of carboxylic acid groups (broad SMARTS) is 1. The van der Waals surface area contributed by atoms with Crippen molar-refractivity contribution >= 4 is 17.3 Å². The molecule has 0 amide bonds. The molecule has 1 unspecified atom stereocenters. The van der Waals surface area contributed by atoms with Gasteiger partial charge in [-0.05, 0) is 26.8 Å². The van der Waals surface area contributed by atoms with Crippen LogP contribution in [-0.4, -0.2) is 34.0 Å². The van der Waals surface area contributed by atoms with Crippen LogP contribution in [0.3, 0.4) is 0 Å². The lowest BCUT2D eigenvalue weighted by molar-refractivity contribution is -0.147. The predicted octanol–water partition coefficient (Wildman–Crippen LogP) is 1.75. The van der Waals surface area contributed by atoms with Crippen molar-refractivity contribution in [2.75, 3.05) is 13.1 Å². The van der Waals surface area contributed by atoms with E-state index in [1.807, 2.05) is 19.4 Å². The van der Waals surface area contributed by atoms with Crippen molar-refractivity contribution in [2.24, 2.45) is 5.41 Å². The van der Waals surface area contributed by atoms with Crippen molar-refractivity contribution in [1.82, 2.24) is 9.88 Å². The molecule has 88 valence electrons. The molecule has 1 aliphatic rings. The fraction of sp³-hybridized carbons (Fsp3) is 0.636. The van der Waals surface area contributed by atoms with Crippen LogP contribution in [0.1, 0.15) is 23.9 Å². The van der Waals surface area contributed by atoms with E-state index < -0.39 is 11.4 Å². The molecule has 5 heteroatoms. The number of carboxylic acids is 1. The molecule has 1 saturated heterocycles. The van der Waals surface area contributed by atoms with Crippen LogP contribution in [-0.2, 0) is 11.3 Å². The molecule has 0 aromatic carbocycles. The maximum Gasteiger partial charge on any atom is 0.310 e. The van der Waals surface area contributed by atoms with Crippen LogP contribution in [0.4, 0.5) is 0 Å². The van der Waals surface area contributed by atoms with E-state index in [1.54, 1.807) is 11.3 Å². The summed E-state index contributed by atoms with van der Waals surface area (Å²) >= 11 is 1.64. The van der Waals surface area contributed by atoms with Crippen LogP contribution in [0.5, 0.6) is 0 Å². The van der Waals surface area contributed by atoms with Crippen LogP contribution >= 0.6 is 11.3 Å². The molecule has 0 spiro atoms. The average Bonchev–Trinajstić information content (AvgIpc) is 2.77. The average molecular weight is 240 g/mol. The molecule has 2 rings (SSSR count). The lowest BCUT2D eigenvalue weighted by Gasteiger charge is -2.19. The minimum Gasteiger partial charge on any atom is -0.481 e. The highest BCUT2D eigenvalue weighted by atomic mass is 32.1. The molecule has 0 bridgehead atoms. The lowest BCUT2D eigenvalue weighted by atomic mass is 9.90. The Bertz CT molecular complexity index is 404. The third kappa shape index (κ3) is 2.10. The number of hydrogen-bond acceptors (Lipinski definition) is 4. The topological polar surface area (TPSA) is 53.4 Å². The Labute approximate surface area is 98.9 Å². The number of thiazole rings is 1. The summed E-state index contributed by atoms with van der Waals surface area (Å²) in [5.41, 5.74) is 2.34. The van der Waals surface area contributed by atoms with Gasteiger partial charge in [-0.25, -0.2) is 4.98 Å². The largest absolute Gasteiger partial charge is 0.481 e. The highest BCUT2D eigenvalue weighted by molar-refractivity contribution is 7.09. The van der Waals surface area contributed by atoms with Gasteiger partial charge in [-0.3, -0.25) is 9.69 Å². The molecular formula is C11H16N2O2S. The van der Waals surface area contributed by atoms with Crippen molar-refractivity contribution in [3.63, 3.8) is 0 Å². The van der Waals surface area contributed by atoms with Crippen LogP contribution in [0, 0.1) is 12.3 Å². The van der Waals surface area contributed by atoms with Crippen LogP contribution in [0.25, 0.3) is 0 Å². The van der Waals surface area contributed by atoms with E-state index in [1.165, 1.54) is 4.88 Å². The third-order valence-corrected chi connectivity index (χ3v) is 4.20. The summed E-state index contributed by atoms with van der Waals surface area (Å²) in [7, 11) is 0. The summed E-state index contributed by atoms with van der Waals surface area (Å²) in [5, 5.41) is 9.13. The minimum absolute atomic E-state index is 0.571. The van der Waals surface area contributed by atoms with Gasteiger partial charge in [-0.15, -0.1) is 11.3 Å². The normalized spacial score (nSPS) is 26.1. The summed E-state index contributed by atoms with van der Waals surface area (Å²) < 4.78 is 0. The first-order valence-corrected chi connectivity index (χ1v) is 6.24. The van der Waals surface area contributed by atoms with Gasteiger partial charge < -0.3 is 5.11 Å². The van der Waals surface area contributed by atoms with Gasteiger partial charge in [0.2, 0.25) is 0 Å². The standard InChI is InChI=1S/C11H16N2O2S/c1-8-9(16-7-12-8)5-13-4-3-11(2,6-13)10(14)15/h7H,3-6H2,1-2H3,(H,14,15). The van der Waals surface area contributed by atoms with Crippen LogP contribution in [0.15, 0.2) is 5.51 Å². The Morgan fingerprint density at radius 2 is 2.50 bits per heavy atom. The minimum atomic E-state index is -0.684. The zero-order valence-corrected chi connectivity index (χ0v) is 10.4. The van der Waals surface area contributed by atoms with Crippen molar-refractivity contribution in [1.29, 1.82) is 0 Å². The Morgan fingerprint density at radius 1 is 1.75 bits per heavy atom. The van der Waals surface area contributed by atoms with E-state index >= 15 is 0 Å². The Kier molecular flexibility index (Phi) is 2.99. The second-order valence-electron chi connectivity index (χ2n) is 4.69. The molecule has 16 heavy (non-hydrogen) atoms. The first-order valence-electron chi connectivity index (χ1n) is 5.36. The van der Waals surface area contributed by atoms with Crippen molar-refractivity contribution in [3.05, 3.63) is 16.1 Å². The number of carbonyl (C=O) groups is 1. The number of nitrogens with zero attached hydrogens (tertiary/aromatic N) is 2. The van der Waals surface area contributed by atoms with Gasteiger partial charge in [0, 0.05) is 18.0 Å². The number of likely N-dealkylation sites (tertiary alicyclic amines) is 1. The zero-order chi connectivity index (χ0) is 11.8. The van der Waals surface area contributed by atoms with Gasteiger partial charge in [0.1, 0.15) is 0 Å². The van der Waals surface area contributed by atoms with Gasteiger partial charge in [0.25, 0.3) is 0 Å². The van der Waals surface area contributed by atoms with E-state index in [4.69, 9.17) is 5.11 Å². The van der Waals surface area contributed by atoms with Gasteiger partial charge in [-0.2, -0.15) is 0 Å². The molecule has 0 saturated carbocycles. The highest BCUT2D eigenvalue weighted by Gasteiger charge is 2.40.